The fourth-order valence-corrected chi connectivity index (χ4v) is 3.58. The number of carbonyl (C=O) groups is 3. The highest BCUT2D eigenvalue weighted by molar-refractivity contribution is 6.06. The van der Waals surface area contributed by atoms with Crippen molar-refractivity contribution in [3.05, 3.63) is 83.9 Å². The standard InChI is InChI=1S/C25H23N3O4/c1-32-22-16-20(13-14-21(22)28-15-5-8-23(28)29)27-25(31)18-9-11-19(12-10-18)26-24(30)17-6-3-2-4-7-17/h2-4,6-7,9-14,16H,5,8,15H2,1H3,(H,26,30)(H,27,31). The van der Waals surface area contributed by atoms with Gasteiger partial charge in [0.15, 0.2) is 0 Å². The summed E-state index contributed by atoms with van der Waals surface area (Å²) in [5, 5.41) is 5.64. The second-order valence-corrected chi connectivity index (χ2v) is 7.39. The van der Waals surface area contributed by atoms with Crippen LogP contribution in [0.5, 0.6) is 5.75 Å². The molecule has 3 aromatic carbocycles. The molecule has 0 bridgehead atoms. The first-order chi connectivity index (χ1) is 15.5. The summed E-state index contributed by atoms with van der Waals surface area (Å²) in [4.78, 5) is 38.7. The Morgan fingerprint density at radius 3 is 2.09 bits per heavy atom. The van der Waals surface area contributed by atoms with Crippen LogP contribution >= 0.6 is 0 Å². The summed E-state index contributed by atoms with van der Waals surface area (Å²) in [5.74, 6) is 0.0843. The Bertz CT molecular complexity index is 1140. The number of methoxy groups -OCH3 is 1. The van der Waals surface area contributed by atoms with E-state index in [1.165, 1.54) is 7.11 Å². The van der Waals surface area contributed by atoms with E-state index in [2.05, 4.69) is 10.6 Å². The number of rotatable bonds is 6. The highest BCUT2D eigenvalue weighted by Crippen LogP contribution is 2.34. The summed E-state index contributed by atoms with van der Waals surface area (Å²) in [7, 11) is 1.54. The Morgan fingerprint density at radius 2 is 1.47 bits per heavy atom. The van der Waals surface area contributed by atoms with Gasteiger partial charge in [-0.3, -0.25) is 14.4 Å². The number of anilines is 3. The minimum Gasteiger partial charge on any atom is -0.494 e. The van der Waals surface area contributed by atoms with Gasteiger partial charge in [-0.25, -0.2) is 0 Å². The number of hydrogen-bond donors (Lipinski definition) is 2. The summed E-state index contributed by atoms with van der Waals surface area (Å²) in [6, 6.07) is 20.8. The maximum atomic E-state index is 12.7. The molecule has 32 heavy (non-hydrogen) atoms. The molecule has 1 aliphatic heterocycles. The molecule has 4 rings (SSSR count). The molecule has 0 saturated carbocycles. The summed E-state index contributed by atoms with van der Waals surface area (Å²) in [6.07, 6.45) is 1.35. The summed E-state index contributed by atoms with van der Waals surface area (Å²) < 4.78 is 5.44. The summed E-state index contributed by atoms with van der Waals surface area (Å²) >= 11 is 0. The van der Waals surface area contributed by atoms with Crippen LogP contribution in [-0.4, -0.2) is 31.4 Å². The van der Waals surface area contributed by atoms with Crippen LogP contribution in [0.15, 0.2) is 72.8 Å². The predicted octanol–water partition coefficient (Wildman–Crippen LogP) is 4.33. The van der Waals surface area contributed by atoms with Gasteiger partial charge in [-0.2, -0.15) is 0 Å². The maximum Gasteiger partial charge on any atom is 0.255 e. The molecule has 1 fully saturated rings. The van der Waals surface area contributed by atoms with Crippen molar-refractivity contribution in [1.82, 2.24) is 0 Å². The minimum atomic E-state index is -0.294. The van der Waals surface area contributed by atoms with Crippen molar-refractivity contribution in [2.24, 2.45) is 0 Å². The highest BCUT2D eigenvalue weighted by atomic mass is 16.5. The van der Waals surface area contributed by atoms with E-state index in [4.69, 9.17) is 4.74 Å². The normalized spacial score (nSPS) is 13.0. The Kier molecular flexibility index (Phi) is 6.17. The molecule has 1 aliphatic rings. The van der Waals surface area contributed by atoms with Crippen LogP contribution in [0.3, 0.4) is 0 Å². The number of nitrogens with one attached hydrogen (secondary N) is 2. The number of carbonyl (C=O) groups excluding carboxylic acids is 3. The van der Waals surface area contributed by atoms with E-state index in [1.807, 2.05) is 6.07 Å². The van der Waals surface area contributed by atoms with Crippen molar-refractivity contribution in [2.45, 2.75) is 12.8 Å². The van der Waals surface area contributed by atoms with Gasteiger partial charge in [0.25, 0.3) is 11.8 Å². The molecule has 7 heteroatoms. The second-order valence-electron chi connectivity index (χ2n) is 7.39. The largest absolute Gasteiger partial charge is 0.494 e. The fourth-order valence-electron chi connectivity index (χ4n) is 3.58. The van der Waals surface area contributed by atoms with Gasteiger partial charge < -0.3 is 20.3 Å². The van der Waals surface area contributed by atoms with Gasteiger partial charge >= 0.3 is 0 Å². The van der Waals surface area contributed by atoms with E-state index in [9.17, 15) is 14.4 Å². The Hall–Kier alpha value is -4.13. The third-order valence-electron chi connectivity index (χ3n) is 5.24. The molecular weight excluding hydrogens is 406 g/mol. The lowest BCUT2D eigenvalue weighted by Crippen LogP contribution is -2.24. The first-order valence-electron chi connectivity index (χ1n) is 10.3. The van der Waals surface area contributed by atoms with Crippen molar-refractivity contribution in [2.75, 3.05) is 29.2 Å². The number of benzene rings is 3. The van der Waals surface area contributed by atoms with Gasteiger partial charge in [0.1, 0.15) is 5.75 Å². The van der Waals surface area contributed by atoms with E-state index in [1.54, 1.807) is 71.6 Å². The van der Waals surface area contributed by atoms with Crippen LogP contribution in [0.1, 0.15) is 33.6 Å². The molecule has 0 atom stereocenters. The molecule has 0 unspecified atom stereocenters. The molecule has 0 spiro atoms. The Balaban J connectivity index is 1.42. The molecule has 0 aromatic heterocycles. The van der Waals surface area contributed by atoms with Crippen LogP contribution in [-0.2, 0) is 4.79 Å². The van der Waals surface area contributed by atoms with Crippen LogP contribution in [0.4, 0.5) is 17.1 Å². The number of ether oxygens (including phenoxy) is 1. The number of nitrogens with zero attached hydrogens (tertiary/aromatic N) is 1. The van der Waals surface area contributed by atoms with Gasteiger partial charge in [-0.05, 0) is 55.0 Å². The molecule has 1 saturated heterocycles. The van der Waals surface area contributed by atoms with Crippen molar-refractivity contribution in [1.29, 1.82) is 0 Å². The number of amides is 3. The molecular formula is C25H23N3O4. The van der Waals surface area contributed by atoms with Crippen molar-refractivity contribution in [3.8, 4) is 5.75 Å². The zero-order valence-corrected chi connectivity index (χ0v) is 17.6. The zero-order valence-electron chi connectivity index (χ0n) is 17.6. The zero-order chi connectivity index (χ0) is 22.5. The van der Waals surface area contributed by atoms with Gasteiger partial charge in [0, 0.05) is 41.5 Å². The third kappa shape index (κ3) is 4.62. The molecule has 3 amide bonds. The topological polar surface area (TPSA) is 87.7 Å². The SMILES string of the molecule is COc1cc(NC(=O)c2ccc(NC(=O)c3ccccc3)cc2)ccc1N1CCCC1=O. The monoisotopic (exact) mass is 429 g/mol. The van der Waals surface area contributed by atoms with Gasteiger partial charge in [-0.15, -0.1) is 0 Å². The average Bonchev–Trinajstić information content (AvgIpc) is 3.25. The van der Waals surface area contributed by atoms with E-state index < -0.39 is 0 Å². The van der Waals surface area contributed by atoms with E-state index >= 15 is 0 Å². The van der Waals surface area contributed by atoms with Crippen LogP contribution in [0, 0.1) is 0 Å². The molecule has 3 aromatic rings. The quantitative estimate of drug-likeness (QED) is 0.611. The van der Waals surface area contributed by atoms with Crippen LogP contribution in [0.25, 0.3) is 0 Å². The fraction of sp³-hybridized carbons (Fsp3) is 0.160. The van der Waals surface area contributed by atoms with Crippen molar-refractivity contribution >= 4 is 34.8 Å². The lowest BCUT2D eigenvalue weighted by Gasteiger charge is -2.19. The van der Waals surface area contributed by atoms with E-state index in [-0.39, 0.29) is 17.7 Å². The van der Waals surface area contributed by atoms with Crippen molar-refractivity contribution in [3.63, 3.8) is 0 Å². The second kappa shape index (κ2) is 9.34. The van der Waals surface area contributed by atoms with Crippen LogP contribution in [0.2, 0.25) is 0 Å². The lowest BCUT2D eigenvalue weighted by molar-refractivity contribution is -0.117. The van der Waals surface area contributed by atoms with Gasteiger partial charge in [-0.1, -0.05) is 18.2 Å². The Morgan fingerprint density at radius 1 is 0.844 bits per heavy atom. The lowest BCUT2D eigenvalue weighted by atomic mass is 10.1. The Labute approximate surface area is 186 Å². The average molecular weight is 429 g/mol. The van der Waals surface area contributed by atoms with Gasteiger partial charge in [0.05, 0.1) is 12.8 Å². The number of hydrogen-bond acceptors (Lipinski definition) is 4. The molecule has 0 radical (unpaired) electrons. The smallest absolute Gasteiger partial charge is 0.255 e. The molecule has 7 nitrogen and oxygen atoms in total. The maximum absolute atomic E-state index is 12.7. The highest BCUT2D eigenvalue weighted by Gasteiger charge is 2.24. The molecule has 162 valence electrons. The van der Waals surface area contributed by atoms with E-state index in [0.29, 0.717) is 46.9 Å². The molecule has 2 N–H and O–H groups in total. The van der Waals surface area contributed by atoms with Crippen LogP contribution < -0.4 is 20.3 Å². The molecule has 0 aliphatic carbocycles. The minimum absolute atomic E-state index is 0.0690. The molecule has 1 heterocycles. The summed E-state index contributed by atoms with van der Waals surface area (Å²) in [5.41, 5.74) is 2.86. The summed E-state index contributed by atoms with van der Waals surface area (Å²) in [6.45, 7) is 0.661. The van der Waals surface area contributed by atoms with Gasteiger partial charge in [0.2, 0.25) is 5.91 Å². The first kappa shape index (κ1) is 21.1. The predicted molar refractivity (Wildman–Crippen MR) is 123 cm³/mol. The third-order valence-corrected chi connectivity index (χ3v) is 5.24. The van der Waals surface area contributed by atoms with Crippen molar-refractivity contribution < 1.29 is 19.1 Å². The van der Waals surface area contributed by atoms with E-state index in [0.717, 1.165) is 6.42 Å². The first-order valence-corrected chi connectivity index (χ1v) is 10.3.